The molecule has 0 spiro atoms. The van der Waals surface area contributed by atoms with Crippen LogP contribution in [-0.2, 0) is 26.0 Å². The minimum atomic E-state index is -4.36. The van der Waals surface area contributed by atoms with Crippen LogP contribution in [0, 0.1) is 19.7 Å². The van der Waals surface area contributed by atoms with Gasteiger partial charge in [-0.1, -0.05) is 144 Å². The van der Waals surface area contributed by atoms with Gasteiger partial charge in [0.25, 0.3) is 0 Å². The fourth-order valence-corrected chi connectivity index (χ4v) is 14.4. The fourth-order valence-electron chi connectivity index (χ4n) is 14.2. The minimum Gasteiger partial charge on any atom is -0.488 e. The smallest absolute Gasteiger partial charge is 0.416 e. The number of anilines is 14. The minimum absolute atomic E-state index is 0.0555. The van der Waals surface area contributed by atoms with Crippen molar-refractivity contribution in [2.75, 3.05) is 80.3 Å². The number of aryl methyl sites for hydroxylation is 2. The third-order valence-corrected chi connectivity index (χ3v) is 21.0. The van der Waals surface area contributed by atoms with Crippen LogP contribution >= 0.6 is 11.6 Å². The van der Waals surface area contributed by atoms with Gasteiger partial charge in [0.1, 0.15) is 118 Å². The fraction of sp³-hybridized carbons (Fsp3) is 0.0588. The van der Waals surface area contributed by atoms with Crippen LogP contribution in [0.25, 0.3) is 82.0 Å². The van der Waals surface area contributed by atoms with Crippen molar-refractivity contribution < 1.29 is 46.0 Å². The first-order valence-corrected chi connectivity index (χ1v) is 43.4. The molecular weight excluding hydrogens is 1840 g/mol. The number of alkyl halides is 3. The normalized spacial score (nSPS) is 10.8. The monoisotopic (exact) mass is 1930 g/mol. The van der Waals surface area contributed by atoms with Gasteiger partial charge in [0.05, 0.1) is 87.6 Å². The molecule has 714 valence electrons. The van der Waals surface area contributed by atoms with E-state index in [4.69, 9.17) is 120 Å². The zero-order chi connectivity index (χ0) is 100. The molecule has 0 bridgehead atoms. The molecule has 8 heterocycles. The summed E-state index contributed by atoms with van der Waals surface area (Å²) < 4.78 is 87.2. The van der Waals surface area contributed by atoms with Gasteiger partial charge < -0.3 is 113 Å². The summed E-state index contributed by atoms with van der Waals surface area (Å²) in [6, 6.07) is 85.4. The van der Waals surface area contributed by atoms with Crippen LogP contribution in [-0.4, -0.2) is 74.3 Å². The molecule has 142 heavy (non-hydrogen) atoms. The molecule has 0 unspecified atom stereocenters. The third kappa shape index (κ3) is 24.6. The molecule has 28 N–H and O–H groups in total. The zero-order valence-corrected chi connectivity index (χ0v) is 76.4. The van der Waals surface area contributed by atoms with Crippen molar-refractivity contribution in [1.29, 1.82) is 0 Å². The lowest BCUT2D eigenvalue weighted by Crippen LogP contribution is -2.05. The molecule has 0 radical (unpaired) electrons. The van der Waals surface area contributed by atoms with E-state index in [1.165, 1.54) is 47.5 Å². The van der Waals surface area contributed by atoms with Crippen molar-refractivity contribution in [1.82, 2.24) is 74.3 Å². The van der Waals surface area contributed by atoms with E-state index in [0.717, 1.165) is 51.3 Å². The molecular formula is C102H90ClF4N29O6. The number of ether oxygens (including phenoxy) is 6. The first kappa shape index (κ1) is 97.1. The highest BCUT2D eigenvalue weighted by atomic mass is 35.5. The van der Waals surface area contributed by atoms with Gasteiger partial charge >= 0.3 is 6.18 Å². The van der Waals surface area contributed by atoms with Gasteiger partial charge in [-0.25, -0.2) is 39.3 Å². The predicted molar refractivity (Wildman–Crippen MR) is 549 cm³/mol. The Morgan fingerprint density at radius 1 is 0.261 bits per heavy atom. The van der Waals surface area contributed by atoms with Gasteiger partial charge in [-0.15, -0.1) is 0 Å². The summed E-state index contributed by atoms with van der Waals surface area (Å²) in [5, 5.41) is 5.29. The summed E-state index contributed by atoms with van der Waals surface area (Å²) in [5.74, 6) is 8.13. The molecule has 0 aliphatic rings. The van der Waals surface area contributed by atoms with Gasteiger partial charge in [-0.2, -0.15) is 48.1 Å². The highest BCUT2D eigenvalue weighted by molar-refractivity contribution is 6.30. The third-order valence-electron chi connectivity index (χ3n) is 20.8. The van der Waals surface area contributed by atoms with E-state index in [2.05, 4.69) is 88.8 Å². The molecule has 0 aliphatic heterocycles. The predicted octanol–water partition coefficient (Wildman–Crippen LogP) is 18.9. The summed E-state index contributed by atoms with van der Waals surface area (Å²) in [4.78, 5) is 56.7. The molecule has 13 aromatic carbocycles. The molecule has 21 aromatic rings. The summed E-state index contributed by atoms with van der Waals surface area (Å²) in [5.41, 5.74) is 90.3. The maximum Gasteiger partial charge on any atom is 0.416 e. The van der Waals surface area contributed by atoms with Gasteiger partial charge in [0.15, 0.2) is 0 Å². The second-order valence-electron chi connectivity index (χ2n) is 31.0. The Morgan fingerprint density at radius 2 is 0.514 bits per heavy atom. The molecule has 40 heteroatoms. The van der Waals surface area contributed by atoms with Crippen LogP contribution in [0.2, 0.25) is 5.02 Å². The standard InChI is InChI=1S/C16H13F3N4O.C16H16N4O.C15H13ClN4O.C15H14N4O.C14H11FN4O.C14H12N4O.C12H11N5/c17-16(18,19)10-6-4-9(5-7-10)8-24-12-3-1-2-11-13(12)14(20)23-15(21)22-11;1-10-5-7-11(8-6-10)9-21-13-4-2-3-12-14(13)15(17)20-16(18)19-12;16-10-6-4-9(5-7-10)8-21-12-3-1-2-11-13(12)14(17)20-15(18)19-11;1-9-5-7-10(8-6-9)20-12-4-2-3-11-13(12)14(16)19-15(17)18-11;15-8-4-6-9(7-5-8)20-11-3-1-2-10-12(11)13(16)19-14(17)18-10;15-13-12-10(17-14(16)18-13)7-4-8-11(12)19-9-5-2-1-3-6-9;13-11-10-8(15-12(14)16-11)4-3-5-9(10)17-6-1-2-7-17/h1-7H,8H2,(H4,20,21,22,23);2-8H,9H2,1H3,(H4,17,18,19,20);1-7H,8H2,(H4,17,18,19,20);2-8H,1H3,(H4,16,17,18,19);1-7H,(H4,16,17,18,19);1-8H,(H4,15,16,17,18);1-7H,(H4,13,14,15,16). The molecule has 0 saturated carbocycles. The number of benzene rings is 13. The van der Waals surface area contributed by atoms with Gasteiger partial charge in [-0.05, 0) is 200 Å². The average Bonchev–Trinajstić information content (AvgIpc) is 1.38. The van der Waals surface area contributed by atoms with Crippen LogP contribution in [0.5, 0.6) is 51.7 Å². The van der Waals surface area contributed by atoms with E-state index in [1.807, 2.05) is 218 Å². The number of fused-ring (bicyclic) bond motifs is 7. The summed E-state index contributed by atoms with van der Waals surface area (Å²) in [7, 11) is 0. The number of nitrogen functional groups attached to an aromatic ring is 14. The SMILES string of the molecule is Cc1ccc(COc2cccc3nc(N)nc(N)c23)cc1.Cc1ccc(Oc2cccc3nc(N)nc(N)c23)cc1.Nc1nc(N)c2c(-n3cccc3)cccc2n1.Nc1nc(N)c2c(OCc3ccc(C(F)(F)F)cc3)cccc2n1.Nc1nc(N)c2c(OCc3ccc(Cl)cc3)cccc2n1.Nc1nc(N)c2c(Oc3ccc(F)cc3)cccc2n1.Nc1nc(N)c2c(Oc3ccccc3)cccc2n1. The molecule has 0 fully saturated rings. The molecule has 21 rings (SSSR count). The maximum absolute atomic E-state index is 12.9. The Bertz CT molecular complexity index is 7780. The summed E-state index contributed by atoms with van der Waals surface area (Å²) in [6.45, 7) is 5.03. The van der Waals surface area contributed by atoms with E-state index in [0.29, 0.717) is 159 Å². The topological polar surface area (TPSA) is 605 Å². The second-order valence-corrected chi connectivity index (χ2v) is 31.4. The molecule has 0 amide bonds. The van der Waals surface area contributed by atoms with Gasteiger partial charge in [0, 0.05) is 17.4 Å². The Balaban J connectivity index is 0.000000125. The van der Waals surface area contributed by atoms with Crippen LogP contribution in [0.15, 0.2) is 304 Å². The van der Waals surface area contributed by atoms with E-state index in [1.54, 1.807) is 36.4 Å². The van der Waals surface area contributed by atoms with Crippen molar-refractivity contribution >= 4 is 170 Å². The van der Waals surface area contributed by atoms with Crippen molar-refractivity contribution in [3.05, 3.63) is 348 Å². The lowest BCUT2D eigenvalue weighted by Gasteiger charge is -2.11. The highest BCUT2D eigenvalue weighted by Crippen LogP contribution is 2.40. The van der Waals surface area contributed by atoms with Crippen LogP contribution in [0.3, 0.4) is 0 Å². The van der Waals surface area contributed by atoms with Crippen molar-refractivity contribution in [2.45, 2.75) is 39.8 Å². The number of nitrogens with two attached hydrogens (primary N) is 14. The number of hydrogen-bond donors (Lipinski definition) is 14. The Labute approximate surface area is 811 Å². The van der Waals surface area contributed by atoms with Crippen molar-refractivity contribution in [3.8, 4) is 57.4 Å². The summed E-state index contributed by atoms with van der Waals surface area (Å²) in [6.07, 6.45) is -0.462. The van der Waals surface area contributed by atoms with E-state index in [-0.39, 0.29) is 65.7 Å². The Morgan fingerprint density at radius 3 is 0.831 bits per heavy atom. The van der Waals surface area contributed by atoms with E-state index in [9.17, 15) is 17.6 Å². The number of rotatable bonds is 16. The van der Waals surface area contributed by atoms with Gasteiger partial charge in [-0.3, -0.25) is 0 Å². The largest absolute Gasteiger partial charge is 0.488 e. The quantitative estimate of drug-likeness (QED) is 0.0400. The first-order chi connectivity index (χ1) is 68.4. The van der Waals surface area contributed by atoms with Crippen LogP contribution in [0.4, 0.5) is 99.9 Å². The number of para-hydroxylation sites is 1. The highest BCUT2D eigenvalue weighted by Gasteiger charge is 2.30. The molecule has 0 atom stereocenters. The number of halogens is 5. The van der Waals surface area contributed by atoms with Crippen molar-refractivity contribution in [3.63, 3.8) is 0 Å². The number of hydrogen-bond acceptors (Lipinski definition) is 34. The molecule has 8 aromatic heterocycles. The first-order valence-electron chi connectivity index (χ1n) is 43.0. The lowest BCUT2D eigenvalue weighted by atomic mass is 10.1. The van der Waals surface area contributed by atoms with E-state index >= 15 is 0 Å². The summed E-state index contributed by atoms with van der Waals surface area (Å²) >= 11 is 5.86. The molecule has 35 nitrogen and oxygen atoms in total. The van der Waals surface area contributed by atoms with E-state index < -0.39 is 11.7 Å². The Kier molecular flexibility index (Phi) is 30.0. The second kappa shape index (κ2) is 43.9. The van der Waals surface area contributed by atoms with Crippen LogP contribution in [0.1, 0.15) is 33.4 Å². The zero-order valence-electron chi connectivity index (χ0n) is 75.6. The average molecular weight is 1930 g/mol. The van der Waals surface area contributed by atoms with Crippen LogP contribution < -0.4 is 109 Å². The lowest BCUT2D eigenvalue weighted by molar-refractivity contribution is -0.137. The molecule has 0 saturated heterocycles. The maximum atomic E-state index is 12.9. The Hall–Kier alpha value is -19.5. The molecule has 0 aliphatic carbocycles. The number of nitrogens with zero attached hydrogens (tertiary/aromatic N) is 15. The van der Waals surface area contributed by atoms with Crippen molar-refractivity contribution in [2.24, 2.45) is 0 Å². The van der Waals surface area contributed by atoms with Gasteiger partial charge in [0.2, 0.25) is 41.6 Å². The number of aromatic nitrogens is 15.